The normalized spacial score (nSPS) is 29.3. The molecular formula is C14H19N5. The highest BCUT2D eigenvalue weighted by atomic mass is 15.3. The van der Waals surface area contributed by atoms with Crippen molar-refractivity contribution in [2.24, 2.45) is 7.05 Å². The van der Waals surface area contributed by atoms with Crippen molar-refractivity contribution in [2.45, 2.75) is 44.2 Å². The lowest BCUT2D eigenvalue weighted by Crippen LogP contribution is -2.22. The lowest BCUT2D eigenvalue weighted by Gasteiger charge is -2.17. The molecule has 5 nitrogen and oxygen atoms in total. The lowest BCUT2D eigenvalue weighted by molar-refractivity contribution is 0.490. The Labute approximate surface area is 112 Å². The van der Waals surface area contributed by atoms with Gasteiger partial charge in [0.15, 0.2) is 0 Å². The minimum absolute atomic E-state index is 0.560. The van der Waals surface area contributed by atoms with Crippen molar-refractivity contribution >= 4 is 0 Å². The molecule has 2 fully saturated rings. The monoisotopic (exact) mass is 257 g/mol. The van der Waals surface area contributed by atoms with Crippen LogP contribution in [0.25, 0.3) is 11.3 Å². The zero-order valence-corrected chi connectivity index (χ0v) is 11.3. The van der Waals surface area contributed by atoms with Crippen LogP contribution >= 0.6 is 0 Å². The molecule has 0 amide bonds. The topological polar surface area (TPSA) is 58.5 Å². The van der Waals surface area contributed by atoms with E-state index in [1.807, 2.05) is 31.0 Å². The predicted octanol–water partition coefficient (Wildman–Crippen LogP) is 1.73. The first-order valence-electron chi connectivity index (χ1n) is 7.02. The minimum atomic E-state index is 0.560. The molecule has 0 saturated carbocycles. The second-order valence-electron chi connectivity index (χ2n) is 5.87. The van der Waals surface area contributed by atoms with E-state index in [0.717, 1.165) is 22.8 Å². The molecule has 4 heterocycles. The van der Waals surface area contributed by atoms with Crippen molar-refractivity contribution in [3.8, 4) is 11.3 Å². The Morgan fingerprint density at radius 3 is 2.89 bits per heavy atom. The molecule has 0 aliphatic carbocycles. The predicted molar refractivity (Wildman–Crippen MR) is 72.8 cm³/mol. The molecule has 2 aliphatic rings. The van der Waals surface area contributed by atoms with Gasteiger partial charge in [-0.2, -0.15) is 5.10 Å². The summed E-state index contributed by atoms with van der Waals surface area (Å²) < 4.78 is 1.85. The fourth-order valence-electron chi connectivity index (χ4n) is 3.65. The Balaban J connectivity index is 1.65. The first-order valence-corrected chi connectivity index (χ1v) is 7.02. The van der Waals surface area contributed by atoms with Crippen LogP contribution < -0.4 is 5.32 Å². The molecule has 2 aromatic heterocycles. The summed E-state index contributed by atoms with van der Waals surface area (Å²) in [6, 6.07) is 1.34. The summed E-state index contributed by atoms with van der Waals surface area (Å²) in [5.41, 5.74) is 3.28. The molecule has 2 aromatic rings. The molecule has 2 saturated heterocycles. The van der Waals surface area contributed by atoms with Crippen molar-refractivity contribution in [1.82, 2.24) is 25.1 Å². The summed E-state index contributed by atoms with van der Waals surface area (Å²) in [6.07, 6.45) is 7.84. The zero-order chi connectivity index (χ0) is 13.0. The molecule has 4 rings (SSSR count). The summed E-state index contributed by atoms with van der Waals surface area (Å²) in [5.74, 6) is 1.70. The third kappa shape index (κ3) is 1.72. The van der Waals surface area contributed by atoms with E-state index in [1.165, 1.54) is 19.3 Å². The van der Waals surface area contributed by atoms with Crippen LogP contribution in [-0.4, -0.2) is 31.8 Å². The molecule has 0 radical (unpaired) electrons. The van der Waals surface area contributed by atoms with Gasteiger partial charge in [0.05, 0.1) is 17.6 Å². The molecule has 2 bridgehead atoms. The first-order chi connectivity index (χ1) is 9.20. The van der Waals surface area contributed by atoms with Gasteiger partial charge in [-0.15, -0.1) is 0 Å². The average molecular weight is 257 g/mol. The van der Waals surface area contributed by atoms with Crippen molar-refractivity contribution in [3.05, 3.63) is 23.9 Å². The lowest BCUT2D eigenvalue weighted by atomic mass is 9.89. The van der Waals surface area contributed by atoms with Crippen molar-refractivity contribution in [1.29, 1.82) is 0 Å². The average Bonchev–Trinajstić information content (AvgIpc) is 3.11. The van der Waals surface area contributed by atoms with E-state index in [1.54, 1.807) is 0 Å². The second kappa shape index (κ2) is 3.93. The number of nitrogens with zero attached hydrogens (tertiary/aromatic N) is 3. The molecule has 5 heteroatoms. The van der Waals surface area contributed by atoms with E-state index in [-0.39, 0.29) is 0 Å². The van der Waals surface area contributed by atoms with Crippen molar-refractivity contribution in [2.75, 3.05) is 0 Å². The highest BCUT2D eigenvalue weighted by molar-refractivity contribution is 5.60. The van der Waals surface area contributed by atoms with Crippen LogP contribution in [0.1, 0.15) is 36.7 Å². The molecular weight excluding hydrogens is 238 g/mol. The van der Waals surface area contributed by atoms with E-state index in [9.17, 15) is 0 Å². The van der Waals surface area contributed by atoms with Crippen molar-refractivity contribution in [3.63, 3.8) is 0 Å². The molecule has 2 aliphatic heterocycles. The smallest absolute Gasteiger partial charge is 0.111 e. The number of fused-ring (bicyclic) bond motifs is 2. The highest BCUT2D eigenvalue weighted by Crippen LogP contribution is 2.39. The molecule has 2 N–H and O–H groups in total. The molecule has 3 unspecified atom stereocenters. The number of aromatic amines is 1. The van der Waals surface area contributed by atoms with Gasteiger partial charge >= 0.3 is 0 Å². The van der Waals surface area contributed by atoms with E-state index >= 15 is 0 Å². The molecule has 0 spiro atoms. The maximum Gasteiger partial charge on any atom is 0.111 e. The van der Waals surface area contributed by atoms with Crippen LogP contribution in [0, 0.1) is 6.92 Å². The number of hydrogen-bond donors (Lipinski definition) is 2. The maximum absolute atomic E-state index is 4.61. The van der Waals surface area contributed by atoms with E-state index < -0.39 is 0 Å². The van der Waals surface area contributed by atoms with Crippen LogP contribution in [0.15, 0.2) is 12.4 Å². The Hall–Kier alpha value is -1.62. The van der Waals surface area contributed by atoms with Crippen LogP contribution in [0.5, 0.6) is 0 Å². The summed E-state index contributed by atoms with van der Waals surface area (Å²) in [6.45, 7) is 2.04. The number of rotatable bonds is 2. The van der Waals surface area contributed by atoms with Crippen molar-refractivity contribution < 1.29 is 0 Å². The van der Waals surface area contributed by atoms with Gasteiger partial charge in [-0.05, 0) is 26.2 Å². The van der Waals surface area contributed by atoms with E-state index in [0.29, 0.717) is 18.0 Å². The quantitative estimate of drug-likeness (QED) is 0.861. The minimum Gasteiger partial charge on any atom is -0.342 e. The SMILES string of the molecule is Cc1nn(C)cc1-c1cnc(C2CC3CCC2N3)[nH]1. The number of hydrogen-bond acceptors (Lipinski definition) is 3. The highest BCUT2D eigenvalue weighted by Gasteiger charge is 2.41. The van der Waals surface area contributed by atoms with Crippen LogP contribution in [0.2, 0.25) is 0 Å². The summed E-state index contributed by atoms with van der Waals surface area (Å²) in [5, 5.41) is 8.05. The number of nitrogens with one attached hydrogen (secondary N) is 2. The third-order valence-corrected chi connectivity index (χ3v) is 4.55. The van der Waals surface area contributed by atoms with Gasteiger partial charge in [0.2, 0.25) is 0 Å². The van der Waals surface area contributed by atoms with Crippen LogP contribution in [0.3, 0.4) is 0 Å². The Morgan fingerprint density at radius 2 is 2.26 bits per heavy atom. The van der Waals surface area contributed by atoms with Gasteiger partial charge in [-0.3, -0.25) is 4.68 Å². The van der Waals surface area contributed by atoms with Gasteiger partial charge < -0.3 is 10.3 Å². The second-order valence-corrected chi connectivity index (χ2v) is 5.87. The van der Waals surface area contributed by atoms with E-state index in [4.69, 9.17) is 0 Å². The van der Waals surface area contributed by atoms with Gasteiger partial charge in [-0.25, -0.2) is 4.98 Å². The number of imidazole rings is 1. The van der Waals surface area contributed by atoms with Gasteiger partial charge in [0.25, 0.3) is 0 Å². The van der Waals surface area contributed by atoms with E-state index in [2.05, 4.69) is 20.4 Å². The molecule has 100 valence electrons. The standard InChI is InChI=1S/C14H19N5/c1-8-11(7-19(2)18-8)13-6-15-14(17-13)10-5-9-3-4-12(10)16-9/h6-7,9-10,12,16H,3-5H2,1-2H3,(H,15,17). The fraction of sp³-hybridized carbons (Fsp3) is 0.571. The molecule has 0 aromatic carbocycles. The third-order valence-electron chi connectivity index (χ3n) is 4.55. The van der Waals surface area contributed by atoms with Gasteiger partial charge in [0.1, 0.15) is 5.82 Å². The summed E-state index contributed by atoms with van der Waals surface area (Å²) in [7, 11) is 1.95. The number of H-pyrrole nitrogens is 1. The maximum atomic E-state index is 4.61. The molecule has 19 heavy (non-hydrogen) atoms. The number of aromatic nitrogens is 4. The Kier molecular flexibility index (Phi) is 2.33. The van der Waals surface area contributed by atoms with Gasteiger partial charge in [-0.1, -0.05) is 0 Å². The van der Waals surface area contributed by atoms with Crippen LogP contribution in [-0.2, 0) is 7.05 Å². The fourth-order valence-corrected chi connectivity index (χ4v) is 3.65. The summed E-state index contributed by atoms with van der Waals surface area (Å²) >= 11 is 0. The van der Waals surface area contributed by atoms with Gasteiger partial charge in [0, 0.05) is 36.8 Å². The van der Waals surface area contributed by atoms with Crippen LogP contribution in [0.4, 0.5) is 0 Å². The Morgan fingerprint density at radius 1 is 1.37 bits per heavy atom. The molecule has 3 atom stereocenters. The first kappa shape index (κ1) is 11.2. The summed E-state index contributed by atoms with van der Waals surface area (Å²) in [4.78, 5) is 8.12. The zero-order valence-electron chi connectivity index (χ0n) is 11.3. The largest absolute Gasteiger partial charge is 0.342 e. The number of aryl methyl sites for hydroxylation is 2. The Bertz CT molecular complexity index is 611.